The van der Waals surface area contributed by atoms with Crippen molar-refractivity contribution in [1.82, 2.24) is 10.7 Å². The number of methoxy groups -OCH3 is 1. The van der Waals surface area contributed by atoms with Crippen molar-refractivity contribution in [3.05, 3.63) is 89.0 Å². The van der Waals surface area contributed by atoms with Crippen LogP contribution in [-0.4, -0.2) is 37.7 Å². The lowest BCUT2D eigenvalue weighted by Gasteiger charge is -2.14. The highest BCUT2D eigenvalue weighted by atomic mass is 19.4. The topological polar surface area (TPSA) is 118 Å². The number of benzene rings is 3. The number of rotatable bonds is 9. The molecule has 3 rings (SSSR count). The number of alkyl halides is 3. The van der Waals surface area contributed by atoms with E-state index in [1.165, 1.54) is 43.7 Å². The zero-order valence-electron chi connectivity index (χ0n) is 21.0. The molecule has 0 unspecified atom stereocenters. The summed E-state index contributed by atoms with van der Waals surface area (Å²) in [6.45, 7) is 1.54. The number of carbonyl (C=O) groups is 3. The summed E-state index contributed by atoms with van der Waals surface area (Å²) < 4.78 is 50.0. The first kappa shape index (κ1) is 28.7. The van der Waals surface area contributed by atoms with Gasteiger partial charge in [-0.3, -0.25) is 14.4 Å². The lowest BCUT2D eigenvalue weighted by Crippen LogP contribution is -2.37. The van der Waals surface area contributed by atoms with Gasteiger partial charge in [-0.25, -0.2) is 5.43 Å². The molecule has 0 atom stereocenters. The fourth-order valence-electron chi connectivity index (χ4n) is 3.24. The van der Waals surface area contributed by atoms with E-state index < -0.39 is 36.1 Å². The summed E-state index contributed by atoms with van der Waals surface area (Å²) in [7, 11) is 1.35. The minimum absolute atomic E-state index is 0.147. The number of hydrogen-bond acceptors (Lipinski definition) is 6. The molecule has 3 aromatic carbocycles. The molecule has 3 amide bonds. The predicted octanol–water partition coefficient (Wildman–Crippen LogP) is 3.81. The van der Waals surface area contributed by atoms with E-state index in [1.54, 1.807) is 0 Å². The summed E-state index contributed by atoms with van der Waals surface area (Å²) in [6, 6.07) is 16.5. The largest absolute Gasteiger partial charge is 0.493 e. The van der Waals surface area contributed by atoms with Gasteiger partial charge in [-0.15, -0.1) is 0 Å². The van der Waals surface area contributed by atoms with Gasteiger partial charge in [0.2, 0.25) is 0 Å². The molecule has 39 heavy (non-hydrogen) atoms. The van der Waals surface area contributed by atoms with Crippen LogP contribution in [-0.2, 0) is 27.1 Å². The molecule has 9 nitrogen and oxygen atoms in total. The van der Waals surface area contributed by atoms with Crippen molar-refractivity contribution in [1.29, 1.82) is 0 Å². The van der Waals surface area contributed by atoms with Crippen LogP contribution in [0.25, 0.3) is 0 Å². The lowest BCUT2D eigenvalue weighted by molar-refractivity contribution is -0.139. The van der Waals surface area contributed by atoms with Crippen LogP contribution in [0.1, 0.15) is 22.3 Å². The lowest BCUT2D eigenvalue weighted by atomic mass is 10.1. The van der Waals surface area contributed by atoms with Crippen LogP contribution >= 0.6 is 0 Å². The third-order valence-corrected chi connectivity index (χ3v) is 5.21. The number of amides is 3. The van der Waals surface area contributed by atoms with Gasteiger partial charge in [-0.1, -0.05) is 42.0 Å². The molecule has 0 saturated carbocycles. The molecule has 0 aliphatic carbocycles. The summed E-state index contributed by atoms with van der Waals surface area (Å²) >= 11 is 0. The maximum Gasteiger partial charge on any atom is 0.418 e. The van der Waals surface area contributed by atoms with E-state index >= 15 is 0 Å². The Balaban J connectivity index is 1.52. The number of hydrazone groups is 1. The molecule has 0 aliphatic heterocycles. The second-order valence-corrected chi connectivity index (χ2v) is 8.16. The van der Waals surface area contributed by atoms with Gasteiger partial charge in [-0.2, -0.15) is 18.3 Å². The Morgan fingerprint density at radius 3 is 2.36 bits per heavy atom. The maximum atomic E-state index is 13.1. The van der Waals surface area contributed by atoms with Gasteiger partial charge in [0.25, 0.3) is 5.91 Å². The fourth-order valence-corrected chi connectivity index (χ4v) is 3.24. The molecular formula is C27H25F3N4O5. The van der Waals surface area contributed by atoms with Crippen molar-refractivity contribution >= 4 is 29.6 Å². The van der Waals surface area contributed by atoms with E-state index in [2.05, 4.69) is 21.2 Å². The van der Waals surface area contributed by atoms with Gasteiger partial charge >= 0.3 is 18.0 Å². The molecule has 0 fully saturated rings. The normalized spacial score (nSPS) is 11.1. The van der Waals surface area contributed by atoms with E-state index in [0.29, 0.717) is 5.56 Å². The number of anilines is 1. The highest BCUT2D eigenvalue weighted by Crippen LogP contribution is 2.34. The highest BCUT2D eigenvalue weighted by molar-refractivity contribution is 6.35. The van der Waals surface area contributed by atoms with E-state index in [-0.39, 0.29) is 23.7 Å². The Morgan fingerprint density at radius 2 is 1.67 bits per heavy atom. The maximum absolute atomic E-state index is 13.1. The second kappa shape index (κ2) is 13.1. The first-order valence-electron chi connectivity index (χ1n) is 11.5. The Morgan fingerprint density at radius 1 is 0.949 bits per heavy atom. The van der Waals surface area contributed by atoms with Gasteiger partial charge in [0.15, 0.2) is 18.1 Å². The third kappa shape index (κ3) is 8.59. The molecule has 0 bridgehead atoms. The Bertz CT molecular complexity index is 1360. The van der Waals surface area contributed by atoms with Crippen LogP contribution < -0.4 is 25.5 Å². The van der Waals surface area contributed by atoms with Gasteiger partial charge in [0.05, 0.1) is 24.6 Å². The van der Waals surface area contributed by atoms with Crippen molar-refractivity contribution in [2.45, 2.75) is 19.6 Å². The fraction of sp³-hybridized carbons (Fsp3) is 0.185. The molecule has 0 radical (unpaired) electrons. The van der Waals surface area contributed by atoms with Crippen LogP contribution in [0.3, 0.4) is 0 Å². The molecule has 0 aromatic heterocycles. The Hall–Kier alpha value is -4.87. The number of para-hydroxylation sites is 1. The Kier molecular flexibility index (Phi) is 9.63. The van der Waals surface area contributed by atoms with Crippen molar-refractivity contribution in [2.24, 2.45) is 5.10 Å². The summed E-state index contributed by atoms with van der Waals surface area (Å²) in [5, 5.41) is 8.42. The molecule has 0 aliphatic rings. The third-order valence-electron chi connectivity index (χ3n) is 5.21. The number of nitrogens with zero attached hydrogens (tertiary/aromatic N) is 1. The number of nitrogens with one attached hydrogen (secondary N) is 3. The number of ether oxygens (including phenoxy) is 2. The highest BCUT2D eigenvalue weighted by Gasteiger charge is 2.33. The first-order chi connectivity index (χ1) is 18.6. The number of aryl methyl sites for hydroxylation is 1. The molecular weight excluding hydrogens is 517 g/mol. The van der Waals surface area contributed by atoms with E-state index in [9.17, 15) is 27.6 Å². The smallest absolute Gasteiger partial charge is 0.418 e. The summed E-state index contributed by atoms with van der Waals surface area (Å²) in [5.74, 6) is -2.27. The minimum atomic E-state index is -4.63. The monoisotopic (exact) mass is 542 g/mol. The summed E-state index contributed by atoms with van der Waals surface area (Å²) in [6.07, 6.45) is -3.37. The SMILES string of the molecule is COc1cc(/C=N\NC(=O)C(=O)NCc2ccc(C)cc2)ccc1OCC(=O)Nc1ccccc1C(F)(F)F. The van der Waals surface area contributed by atoms with Crippen molar-refractivity contribution < 1.29 is 37.0 Å². The Labute approximate surface area is 222 Å². The van der Waals surface area contributed by atoms with Crippen LogP contribution in [0, 0.1) is 6.92 Å². The van der Waals surface area contributed by atoms with Crippen LogP contribution in [0.15, 0.2) is 71.8 Å². The van der Waals surface area contributed by atoms with E-state index in [4.69, 9.17) is 9.47 Å². The second-order valence-electron chi connectivity index (χ2n) is 8.16. The zero-order chi connectivity index (χ0) is 28.4. The molecule has 12 heteroatoms. The van der Waals surface area contributed by atoms with Crippen LogP contribution in [0.4, 0.5) is 18.9 Å². The van der Waals surface area contributed by atoms with Gasteiger partial charge in [0.1, 0.15) is 0 Å². The number of carbonyl (C=O) groups excluding carboxylic acids is 3. The standard InChI is InChI=1S/C27H25F3N4O5/c1-17-7-9-18(10-8-17)14-31-25(36)26(37)34-32-15-19-11-12-22(23(13-19)38-2)39-16-24(35)33-21-6-4-3-5-20(21)27(28,29)30/h3-13,15H,14,16H2,1-2H3,(H,31,36)(H,33,35)(H,34,37)/b32-15-. The van der Waals surface area contributed by atoms with E-state index in [1.807, 2.05) is 31.2 Å². The quantitative estimate of drug-likeness (QED) is 0.216. The number of halogens is 3. The van der Waals surface area contributed by atoms with Gasteiger partial charge in [-0.05, 0) is 48.4 Å². The van der Waals surface area contributed by atoms with E-state index in [0.717, 1.165) is 23.3 Å². The predicted molar refractivity (Wildman–Crippen MR) is 137 cm³/mol. The van der Waals surface area contributed by atoms with Crippen LogP contribution in [0.2, 0.25) is 0 Å². The van der Waals surface area contributed by atoms with Crippen molar-refractivity contribution in [3.8, 4) is 11.5 Å². The van der Waals surface area contributed by atoms with Crippen molar-refractivity contribution in [2.75, 3.05) is 19.0 Å². The number of hydrogen-bond donors (Lipinski definition) is 3. The average Bonchev–Trinajstić information content (AvgIpc) is 2.91. The summed E-state index contributed by atoms with van der Waals surface area (Å²) in [4.78, 5) is 36.1. The zero-order valence-corrected chi connectivity index (χ0v) is 21.0. The molecule has 3 N–H and O–H groups in total. The van der Waals surface area contributed by atoms with Gasteiger partial charge in [0, 0.05) is 6.54 Å². The summed E-state index contributed by atoms with van der Waals surface area (Å²) in [5.41, 5.74) is 3.13. The first-order valence-corrected chi connectivity index (χ1v) is 11.5. The molecule has 0 heterocycles. The molecule has 3 aromatic rings. The van der Waals surface area contributed by atoms with Crippen LogP contribution in [0.5, 0.6) is 11.5 Å². The van der Waals surface area contributed by atoms with Gasteiger partial charge < -0.3 is 20.1 Å². The molecule has 204 valence electrons. The molecule has 0 spiro atoms. The minimum Gasteiger partial charge on any atom is -0.493 e. The molecule has 0 saturated heterocycles. The van der Waals surface area contributed by atoms with Crippen molar-refractivity contribution in [3.63, 3.8) is 0 Å². The average molecular weight is 543 g/mol.